The highest BCUT2D eigenvalue weighted by Crippen LogP contribution is 2.28. The molecule has 1 aliphatic rings. The number of rotatable bonds is 3. The zero-order valence-corrected chi connectivity index (χ0v) is 15.7. The van der Waals surface area contributed by atoms with Crippen LogP contribution in [0.4, 0.5) is 9.18 Å². The van der Waals surface area contributed by atoms with Crippen molar-refractivity contribution in [2.75, 3.05) is 0 Å². The van der Waals surface area contributed by atoms with Gasteiger partial charge in [0.1, 0.15) is 5.82 Å². The van der Waals surface area contributed by atoms with Crippen molar-refractivity contribution < 1.29 is 9.18 Å². The molecule has 1 heterocycles. The van der Waals surface area contributed by atoms with Crippen molar-refractivity contribution in [1.82, 2.24) is 16.0 Å². The summed E-state index contributed by atoms with van der Waals surface area (Å²) in [6.07, 6.45) is 1.71. The zero-order chi connectivity index (χ0) is 17.3. The molecule has 0 bridgehead atoms. The Morgan fingerprint density at radius 1 is 1.30 bits per heavy atom. The Bertz CT molecular complexity index is 573. The van der Waals surface area contributed by atoms with E-state index in [1.807, 2.05) is 0 Å². The van der Waals surface area contributed by atoms with Crippen LogP contribution in [-0.4, -0.2) is 23.2 Å². The fraction of sp³-hybridized carbons (Fsp3) is 0.588. The zero-order valence-electron chi connectivity index (χ0n) is 14.1. The molecular weight excluding hydrogens is 361 g/mol. The molecule has 0 radical (unpaired) electrons. The van der Waals surface area contributed by atoms with Crippen molar-refractivity contribution in [3.63, 3.8) is 0 Å². The molecule has 23 heavy (non-hydrogen) atoms. The second-order valence-electron chi connectivity index (χ2n) is 7.56. The van der Waals surface area contributed by atoms with Crippen molar-refractivity contribution in [3.05, 3.63) is 34.1 Å². The minimum atomic E-state index is -0.322. The molecule has 0 saturated carbocycles. The van der Waals surface area contributed by atoms with E-state index in [1.54, 1.807) is 12.1 Å². The number of halogens is 2. The van der Waals surface area contributed by atoms with Gasteiger partial charge in [-0.15, -0.1) is 0 Å². The van der Waals surface area contributed by atoms with Crippen LogP contribution in [0.5, 0.6) is 0 Å². The van der Waals surface area contributed by atoms with Gasteiger partial charge in [0.05, 0.1) is 0 Å². The van der Waals surface area contributed by atoms with E-state index in [0.717, 1.165) is 17.3 Å². The number of hydrogen-bond acceptors (Lipinski definition) is 2. The van der Waals surface area contributed by atoms with Crippen LogP contribution in [0.1, 0.15) is 46.1 Å². The molecule has 128 valence electrons. The van der Waals surface area contributed by atoms with Crippen LogP contribution >= 0.6 is 15.9 Å². The van der Waals surface area contributed by atoms with Gasteiger partial charge in [0.15, 0.2) is 0 Å². The summed E-state index contributed by atoms with van der Waals surface area (Å²) in [5.41, 5.74) is 0.395. The highest BCUT2D eigenvalue weighted by Gasteiger charge is 2.38. The second-order valence-corrected chi connectivity index (χ2v) is 8.48. The number of nitrogens with one attached hydrogen (secondary N) is 3. The van der Waals surface area contributed by atoms with Gasteiger partial charge >= 0.3 is 6.03 Å². The van der Waals surface area contributed by atoms with Crippen molar-refractivity contribution in [2.45, 2.75) is 64.2 Å². The fourth-order valence-corrected chi connectivity index (χ4v) is 3.92. The van der Waals surface area contributed by atoms with Gasteiger partial charge in [-0.3, -0.25) is 0 Å². The Balaban J connectivity index is 1.91. The maximum absolute atomic E-state index is 13.7. The molecule has 1 fully saturated rings. The molecule has 0 aromatic heterocycles. The summed E-state index contributed by atoms with van der Waals surface area (Å²) < 4.78 is 14.5. The van der Waals surface area contributed by atoms with Crippen molar-refractivity contribution in [1.29, 1.82) is 0 Å². The lowest BCUT2D eigenvalue weighted by Crippen LogP contribution is -2.62. The number of amides is 2. The van der Waals surface area contributed by atoms with Crippen molar-refractivity contribution >= 4 is 22.0 Å². The second kappa shape index (κ2) is 6.77. The standard InChI is InChI=1S/C17H25BrFN3O/c1-16(2)8-13(9-17(3,4)22-16)21-15(23)20-10-11-7-12(18)5-6-14(11)19/h5-7,13,22H,8-10H2,1-4H3,(H2,20,21,23). The van der Waals surface area contributed by atoms with Gasteiger partial charge in [-0.25, -0.2) is 9.18 Å². The van der Waals surface area contributed by atoms with Crippen LogP contribution in [0.15, 0.2) is 22.7 Å². The van der Waals surface area contributed by atoms with Crippen LogP contribution in [0, 0.1) is 5.82 Å². The topological polar surface area (TPSA) is 53.2 Å². The average Bonchev–Trinajstić information content (AvgIpc) is 2.36. The summed E-state index contributed by atoms with van der Waals surface area (Å²) in [6, 6.07) is 4.53. The molecule has 0 unspecified atom stereocenters. The third-order valence-corrected chi connectivity index (χ3v) is 4.47. The van der Waals surface area contributed by atoms with E-state index in [9.17, 15) is 9.18 Å². The van der Waals surface area contributed by atoms with E-state index in [-0.39, 0.29) is 35.5 Å². The lowest BCUT2D eigenvalue weighted by Gasteiger charge is -2.46. The Labute approximate surface area is 145 Å². The molecule has 2 rings (SSSR count). The molecule has 3 N–H and O–H groups in total. The number of benzene rings is 1. The molecule has 1 aliphatic heterocycles. The molecule has 0 atom stereocenters. The van der Waals surface area contributed by atoms with Gasteiger partial charge in [0, 0.05) is 33.7 Å². The molecular formula is C17H25BrFN3O. The summed E-state index contributed by atoms with van der Waals surface area (Å²) in [5, 5.41) is 9.33. The summed E-state index contributed by atoms with van der Waals surface area (Å²) in [4.78, 5) is 12.1. The fourth-order valence-electron chi connectivity index (χ4n) is 3.52. The van der Waals surface area contributed by atoms with E-state index in [2.05, 4.69) is 59.6 Å². The molecule has 0 spiro atoms. The highest BCUT2D eigenvalue weighted by atomic mass is 79.9. The third kappa shape index (κ3) is 5.46. The lowest BCUT2D eigenvalue weighted by molar-refractivity contribution is 0.147. The van der Waals surface area contributed by atoms with Gasteiger partial charge in [-0.2, -0.15) is 0 Å². The molecule has 1 aromatic carbocycles. The Hall–Kier alpha value is -1.14. The van der Waals surface area contributed by atoms with Gasteiger partial charge in [-0.1, -0.05) is 15.9 Å². The van der Waals surface area contributed by atoms with Gasteiger partial charge in [0.2, 0.25) is 0 Å². The van der Waals surface area contributed by atoms with E-state index < -0.39 is 0 Å². The van der Waals surface area contributed by atoms with E-state index >= 15 is 0 Å². The molecule has 2 amide bonds. The number of piperidine rings is 1. The van der Waals surface area contributed by atoms with Crippen LogP contribution in [0.25, 0.3) is 0 Å². The predicted octanol–water partition coefficient (Wildman–Crippen LogP) is 3.70. The number of hydrogen-bond donors (Lipinski definition) is 3. The largest absolute Gasteiger partial charge is 0.335 e. The Morgan fingerprint density at radius 3 is 2.52 bits per heavy atom. The highest BCUT2D eigenvalue weighted by molar-refractivity contribution is 9.10. The average molecular weight is 386 g/mol. The van der Waals surface area contributed by atoms with Crippen molar-refractivity contribution in [2.24, 2.45) is 0 Å². The Kier molecular flexibility index (Phi) is 5.36. The van der Waals surface area contributed by atoms with Crippen LogP contribution in [0.3, 0.4) is 0 Å². The third-order valence-electron chi connectivity index (χ3n) is 3.97. The van der Waals surface area contributed by atoms with Gasteiger partial charge in [0.25, 0.3) is 0 Å². The summed E-state index contributed by atoms with van der Waals surface area (Å²) in [6.45, 7) is 8.71. The molecule has 6 heteroatoms. The predicted molar refractivity (Wildman–Crippen MR) is 93.8 cm³/mol. The number of carbonyl (C=O) groups is 1. The molecule has 0 aliphatic carbocycles. The molecule has 4 nitrogen and oxygen atoms in total. The van der Waals surface area contributed by atoms with Crippen LogP contribution in [0.2, 0.25) is 0 Å². The van der Waals surface area contributed by atoms with Crippen molar-refractivity contribution in [3.8, 4) is 0 Å². The Morgan fingerprint density at radius 2 is 1.91 bits per heavy atom. The first-order chi connectivity index (χ1) is 10.6. The minimum Gasteiger partial charge on any atom is -0.335 e. The lowest BCUT2D eigenvalue weighted by atomic mass is 9.80. The molecule has 1 saturated heterocycles. The van der Waals surface area contributed by atoms with E-state index in [4.69, 9.17) is 0 Å². The first kappa shape index (κ1) is 18.2. The minimum absolute atomic E-state index is 0.0316. The summed E-state index contributed by atoms with van der Waals surface area (Å²) >= 11 is 3.31. The normalized spacial score (nSPS) is 20.1. The number of carbonyl (C=O) groups excluding carboxylic acids is 1. The maximum atomic E-state index is 13.7. The quantitative estimate of drug-likeness (QED) is 0.742. The van der Waals surface area contributed by atoms with Gasteiger partial charge in [-0.05, 0) is 58.7 Å². The number of urea groups is 1. The SMILES string of the molecule is CC1(C)CC(NC(=O)NCc2cc(Br)ccc2F)CC(C)(C)N1. The van der Waals surface area contributed by atoms with E-state index in [0.29, 0.717) is 5.56 Å². The van der Waals surface area contributed by atoms with E-state index in [1.165, 1.54) is 6.07 Å². The first-order valence-electron chi connectivity index (χ1n) is 7.84. The molecule has 1 aromatic rings. The maximum Gasteiger partial charge on any atom is 0.315 e. The summed E-state index contributed by atoms with van der Waals surface area (Å²) in [5.74, 6) is -0.322. The van der Waals surface area contributed by atoms with Gasteiger partial charge < -0.3 is 16.0 Å². The first-order valence-corrected chi connectivity index (χ1v) is 8.63. The van der Waals surface area contributed by atoms with Crippen LogP contribution < -0.4 is 16.0 Å². The van der Waals surface area contributed by atoms with Crippen LogP contribution in [-0.2, 0) is 6.54 Å². The summed E-state index contributed by atoms with van der Waals surface area (Å²) in [7, 11) is 0. The smallest absolute Gasteiger partial charge is 0.315 e. The monoisotopic (exact) mass is 385 g/mol.